The molecule has 0 saturated carbocycles. The third-order valence-corrected chi connectivity index (χ3v) is 5.05. The number of nitrogens with one attached hydrogen (secondary N) is 1. The molecule has 31 heavy (non-hydrogen) atoms. The van der Waals surface area contributed by atoms with E-state index in [0.717, 1.165) is 5.69 Å². The van der Waals surface area contributed by atoms with E-state index in [2.05, 4.69) is 15.3 Å². The van der Waals surface area contributed by atoms with Gasteiger partial charge in [0.25, 0.3) is 5.91 Å². The van der Waals surface area contributed by atoms with Crippen LogP contribution in [-0.2, 0) is 4.74 Å². The number of benzene rings is 1. The number of hydrogen-bond acceptors (Lipinski definition) is 7. The normalized spacial score (nSPS) is 18.2. The van der Waals surface area contributed by atoms with Crippen molar-refractivity contribution in [1.82, 2.24) is 20.2 Å². The highest BCUT2D eigenvalue weighted by Gasteiger charge is 2.31. The second-order valence-electron chi connectivity index (χ2n) is 8.62. The fourth-order valence-electron chi connectivity index (χ4n) is 3.64. The molecule has 1 N–H and O–H groups in total. The number of aromatic nitrogens is 2. The Morgan fingerprint density at radius 3 is 2.71 bits per heavy atom. The summed E-state index contributed by atoms with van der Waals surface area (Å²) in [4.78, 5) is 37.2. The van der Waals surface area contributed by atoms with Crippen LogP contribution in [0.3, 0.4) is 0 Å². The molecule has 9 heteroatoms. The van der Waals surface area contributed by atoms with Crippen molar-refractivity contribution in [1.29, 1.82) is 0 Å². The van der Waals surface area contributed by atoms with Crippen molar-refractivity contribution in [3.05, 3.63) is 42.2 Å². The van der Waals surface area contributed by atoms with Gasteiger partial charge >= 0.3 is 6.09 Å². The Hall–Kier alpha value is -3.36. The minimum absolute atomic E-state index is 0.119. The number of likely N-dealkylation sites (tertiary alicyclic amines) is 1. The number of fused-ring (bicyclic) bond motifs is 1. The van der Waals surface area contributed by atoms with Gasteiger partial charge in [-0.25, -0.2) is 14.8 Å². The molecule has 1 aromatic heterocycles. The Bertz CT molecular complexity index is 960. The lowest BCUT2D eigenvalue weighted by molar-refractivity contribution is 0.0290. The molecule has 0 aliphatic carbocycles. The Kier molecular flexibility index (Phi) is 5.67. The van der Waals surface area contributed by atoms with Gasteiger partial charge in [0.05, 0.1) is 12.2 Å². The highest BCUT2D eigenvalue weighted by molar-refractivity contribution is 5.95. The van der Waals surface area contributed by atoms with Gasteiger partial charge in [-0.3, -0.25) is 4.79 Å². The smallest absolute Gasteiger partial charge is 0.410 e. The summed E-state index contributed by atoms with van der Waals surface area (Å²) in [5, 5.41) is 3.01. The second-order valence-corrected chi connectivity index (χ2v) is 8.62. The van der Waals surface area contributed by atoms with Gasteiger partial charge in [0.1, 0.15) is 18.0 Å². The molecule has 164 valence electrons. The number of amides is 2. The van der Waals surface area contributed by atoms with Crippen LogP contribution in [0, 0.1) is 0 Å². The van der Waals surface area contributed by atoms with Crippen molar-refractivity contribution in [2.75, 3.05) is 31.1 Å². The van der Waals surface area contributed by atoms with Crippen LogP contribution in [-0.4, -0.2) is 64.8 Å². The largest absolute Gasteiger partial charge is 0.490 e. The topological polar surface area (TPSA) is 96.9 Å². The summed E-state index contributed by atoms with van der Waals surface area (Å²) in [5.41, 5.74) is 0.788. The fourth-order valence-corrected chi connectivity index (χ4v) is 3.64. The van der Waals surface area contributed by atoms with Gasteiger partial charge in [-0.05, 0) is 51.5 Å². The molecule has 2 aliphatic heterocycles. The molecule has 0 radical (unpaired) electrons. The number of anilines is 2. The lowest BCUT2D eigenvalue weighted by Crippen LogP contribution is -2.40. The standard InChI is InChI=1S/C22H27N5O4/c1-22(2,3)31-21(29)26-10-7-16(14-26)25-19(28)15-5-6-17-18(13-15)30-12-11-27(17)20-23-8-4-9-24-20/h4-6,8-9,13,16H,7,10-12,14H2,1-3H3,(H,25,28). The minimum Gasteiger partial charge on any atom is -0.490 e. The maximum Gasteiger partial charge on any atom is 0.410 e. The van der Waals surface area contributed by atoms with Crippen molar-refractivity contribution in [3.8, 4) is 5.75 Å². The van der Waals surface area contributed by atoms with E-state index in [0.29, 0.717) is 49.9 Å². The van der Waals surface area contributed by atoms with Crippen molar-refractivity contribution >= 4 is 23.6 Å². The van der Waals surface area contributed by atoms with Crippen LogP contribution < -0.4 is 15.0 Å². The lowest BCUT2D eigenvalue weighted by Gasteiger charge is -2.29. The van der Waals surface area contributed by atoms with Crippen LogP contribution in [0.1, 0.15) is 37.6 Å². The van der Waals surface area contributed by atoms with Gasteiger partial charge in [0, 0.05) is 37.1 Å². The van der Waals surface area contributed by atoms with Gasteiger partial charge in [-0.1, -0.05) is 0 Å². The van der Waals surface area contributed by atoms with Gasteiger partial charge in [0.2, 0.25) is 5.95 Å². The van der Waals surface area contributed by atoms with E-state index in [1.54, 1.807) is 35.5 Å². The molecule has 9 nitrogen and oxygen atoms in total. The molecule has 2 amide bonds. The molecule has 1 saturated heterocycles. The van der Waals surface area contributed by atoms with Crippen LogP contribution in [0.2, 0.25) is 0 Å². The molecular formula is C22H27N5O4. The zero-order valence-electron chi connectivity index (χ0n) is 18.0. The van der Waals surface area contributed by atoms with E-state index in [9.17, 15) is 9.59 Å². The van der Waals surface area contributed by atoms with Crippen LogP contribution in [0.5, 0.6) is 5.75 Å². The first-order chi connectivity index (χ1) is 14.8. The third kappa shape index (κ3) is 4.87. The van der Waals surface area contributed by atoms with Crippen LogP contribution in [0.25, 0.3) is 0 Å². The molecule has 1 atom stereocenters. The minimum atomic E-state index is -0.541. The van der Waals surface area contributed by atoms with Gasteiger partial charge < -0.3 is 24.6 Å². The number of rotatable bonds is 3. The Labute approximate surface area is 181 Å². The Morgan fingerprint density at radius 2 is 1.97 bits per heavy atom. The van der Waals surface area contributed by atoms with Crippen molar-refractivity contribution in [2.24, 2.45) is 0 Å². The molecule has 3 heterocycles. The predicted molar refractivity (Wildman–Crippen MR) is 115 cm³/mol. The number of carbonyl (C=O) groups excluding carboxylic acids is 2. The zero-order chi connectivity index (χ0) is 22.0. The van der Waals surface area contributed by atoms with Gasteiger partial charge in [-0.15, -0.1) is 0 Å². The molecule has 1 fully saturated rings. The number of carbonyl (C=O) groups is 2. The summed E-state index contributed by atoms with van der Waals surface area (Å²) >= 11 is 0. The van der Waals surface area contributed by atoms with E-state index in [4.69, 9.17) is 9.47 Å². The fraction of sp³-hybridized carbons (Fsp3) is 0.455. The van der Waals surface area contributed by atoms with E-state index in [1.165, 1.54) is 0 Å². The molecule has 1 unspecified atom stereocenters. The number of ether oxygens (including phenoxy) is 2. The quantitative estimate of drug-likeness (QED) is 0.808. The summed E-state index contributed by atoms with van der Waals surface area (Å²) in [7, 11) is 0. The van der Waals surface area contributed by atoms with Gasteiger partial charge in [0.15, 0.2) is 0 Å². The van der Waals surface area contributed by atoms with Crippen molar-refractivity contribution in [2.45, 2.75) is 38.8 Å². The van der Waals surface area contributed by atoms with Crippen LogP contribution >= 0.6 is 0 Å². The number of hydrogen-bond donors (Lipinski definition) is 1. The monoisotopic (exact) mass is 425 g/mol. The molecule has 0 bridgehead atoms. The summed E-state index contributed by atoms with van der Waals surface area (Å²) in [6.45, 7) is 7.60. The summed E-state index contributed by atoms with van der Waals surface area (Å²) in [6, 6.07) is 7.00. The SMILES string of the molecule is CC(C)(C)OC(=O)N1CCC(NC(=O)c2ccc3c(c2)OCCN3c2ncccn2)C1. The summed E-state index contributed by atoms with van der Waals surface area (Å²) < 4.78 is 11.2. The maximum atomic E-state index is 12.8. The number of nitrogens with zero attached hydrogens (tertiary/aromatic N) is 4. The summed E-state index contributed by atoms with van der Waals surface area (Å²) in [5.74, 6) is 1.01. The van der Waals surface area contributed by atoms with E-state index in [-0.39, 0.29) is 18.0 Å². The highest BCUT2D eigenvalue weighted by atomic mass is 16.6. The predicted octanol–water partition coefficient (Wildman–Crippen LogP) is 2.75. The van der Waals surface area contributed by atoms with E-state index in [1.807, 2.05) is 31.7 Å². The molecule has 2 aliphatic rings. The van der Waals surface area contributed by atoms with Crippen LogP contribution in [0.15, 0.2) is 36.7 Å². The van der Waals surface area contributed by atoms with Gasteiger partial charge in [-0.2, -0.15) is 0 Å². The maximum absolute atomic E-state index is 12.8. The average molecular weight is 425 g/mol. The average Bonchev–Trinajstić information content (AvgIpc) is 3.21. The zero-order valence-corrected chi connectivity index (χ0v) is 18.0. The second kappa shape index (κ2) is 8.41. The molecular weight excluding hydrogens is 398 g/mol. The third-order valence-electron chi connectivity index (χ3n) is 5.05. The molecule has 2 aromatic rings. The van der Waals surface area contributed by atoms with E-state index < -0.39 is 5.60 Å². The molecule has 4 rings (SSSR count). The van der Waals surface area contributed by atoms with Crippen molar-refractivity contribution < 1.29 is 19.1 Å². The Morgan fingerprint density at radius 1 is 1.19 bits per heavy atom. The first-order valence-electron chi connectivity index (χ1n) is 10.4. The lowest BCUT2D eigenvalue weighted by atomic mass is 10.1. The first kappa shape index (κ1) is 20.9. The molecule has 1 aromatic carbocycles. The summed E-state index contributed by atoms with van der Waals surface area (Å²) in [6.07, 6.45) is 3.73. The Balaban J connectivity index is 1.41. The van der Waals surface area contributed by atoms with Crippen LogP contribution in [0.4, 0.5) is 16.4 Å². The molecule has 0 spiro atoms. The highest BCUT2D eigenvalue weighted by Crippen LogP contribution is 2.35. The first-order valence-corrected chi connectivity index (χ1v) is 10.4. The van der Waals surface area contributed by atoms with Crippen molar-refractivity contribution in [3.63, 3.8) is 0 Å². The van der Waals surface area contributed by atoms with E-state index >= 15 is 0 Å².